The van der Waals surface area contributed by atoms with E-state index < -0.39 is 0 Å². The van der Waals surface area contributed by atoms with E-state index in [0.29, 0.717) is 35.5 Å². The number of rotatable bonds is 3. The second kappa shape index (κ2) is 7.03. The fourth-order valence-electron chi connectivity index (χ4n) is 4.34. The highest BCUT2D eigenvalue weighted by atomic mass is 16.3. The third kappa shape index (κ3) is 3.62. The van der Waals surface area contributed by atoms with Gasteiger partial charge in [-0.1, -0.05) is 13.8 Å². The van der Waals surface area contributed by atoms with Gasteiger partial charge in [0.15, 0.2) is 5.78 Å². The van der Waals surface area contributed by atoms with Crippen LogP contribution in [0.25, 0.3) is 0 Å². The molecule has 150 valence electrons. The van der Waals surface area contributed by atoms with Crippen LogP contribution in [-0.4, -0.2) is 17.6 Å². The Morgan fingerprint density at radius 1 is 1.14 bits per heavy atom. The Balaban J connectivity index is 1.80. The monoisotopic (exact) mass is 392 g/mol. The van der Waals surface area contributed by atoms with E-state index in [1.807, 2.05) is 19.9 Å². The molecule has 29 heavy (non-hydrogen) atoms. The second-order valence-corrected chi connectivity index (χ2v) is 8.53. The van der Waals surface area contributed by atoms with Crippen molar-refractivity contribution in [3.8, 4) is 0 Å². The number of Topliss-reactive ketones (excluding diaryl/α,β-unsaturated/α-hetero) is 1. The van der Waals surface area contributed by atoms with Gasteiger partial charge in [0.25, 0.3) is 0 Å². The molecule has 0 radical (unpaired) electrons. The summed E-state index contributed by atoms with van der Waals surface area (Å²) < 4.78 is 5.57. The van der Waals surface area contributed by atoms with Gasteiger partial charge >= 0.3 is 0 Å². The molecule has 0 saturated heterocycles. The summed E-state index contributed by atoms with van der Waals surface area (Å²) in [6.45, 7) is 5.55. The molecule has 2 heterocycles. The molecular weight excluding hydrogens is 368 g/mol. The Bertz CT molecular complexity index is 1000. The van der Waals surface area contributed by atoms with Crippen molar-refractivity contribution < 1.29 is 18.8 Å². The van der Waals surface area contributed by atoms with Crippen molar-refractivity contribution in [1.29, 1.82) is 0 Å². The van der Waals surface area contributed by atoms with Crippen LogP contribution in [0.1, 0.15) is 51.7 Å². The molecule has 1 aromatic heterocycles. The molecule has 1 unspecified atom stereocenters. The van der Waals surface area contributed by atoms with Gasteiger partial charge in [-0.2, -0.15) is 0 Å². The van der Waals surface area contributed by atoms with Gasteiger partial charge in [-0.15, -0.1) is 0 Å². The molecule has 0 saturated carbocycles. The molecule has 0 spiro atoms. The SMILES string of the molecule is CC(=O)Nc1ccc(N2C(=O)CC(c3ccco3)C3=C2CC(C)(C)CC3=O)cc1. The molecule has 0 fully saturated rings. The summed E-state index contributed by atoms with van der Waals surface area (Å²) in [5, 5.41) is 2.73. The minimum absolute atomic E-state index is 0.0667. The third-order valence-corrected chi connectivity index (χ3v) is 5.48. The van der Waals surface area contributed by atoms with E-state index in [9.17, 15) is 14.4 Å². The number of amides is 2. The fourth-order valence-corrected chi connectivity index (χ4v) is 4.34. The Labute approximate surface area is 169 Å². The number of ketones is 1. The van der Waals surface area contributed by atoms with Gasteiger partial charge in [0.1, 0.15) is 5.76 Å². The van der Waals surface area contributed by atoms with Crippen molar-refractivity contribution in [2.45, 2.75) is 46.0 Å². The number of allylic oxidation sites excluding steroid dienone is 2. The average Bonchev–Trinajstić information content (AvgIpc) is 3.15. The van der Waals surface area contributed by atoms with Gasteiger partial charge in [-0.3, -0.25) is 19.3 Å². The first-order valence-electron chi connectivity index (χ1n) is 9.75. The number of carbonyl (C=O) groups is 3. The Morgan fingerprint density at radius 3 is 2.48 bits per heavy atom. The van der Waals surface area contributed by atoms with Crippen LogP contribution in [0.5, 0.6) is 0 Å². The first-order valence-corrected chi connectivity index (χ1v) is 9.75. The smallest absolute Gasteiger partial charge is 0.232 e. The van der Waals surface area contributed by atoms with Gasteiger partial charge in [0.05, 0.1) is 12.2 Å². The van der Waals surface area contributed by atoms with Crippen molar-refractivity contribution in [3.05, 3.63) is 59.7 Å². The van der Waals surface area contributed by atoms with E-state index in [2.05, 4.69) is 5.32 Å². The number of carbonyl (C=O) groups excluding carboxylic acids is 3. The Hall–Kier alpha value is -3.15. The number of nitrogens with one attached hydrogen (secondary N) is 1. The largest absolute Gasteiger partial charge is 0.469 e. The van der Waals surface area contributed by atoms with E-state index >= 15 is 0 Å². The van der Waals surface area contributed by atoms with Crippen molar-refractivity contribution in [3.63, 3.8) is 0 Å². The van der Waals surface area contributed by atoms with Gasteiger partial charge in [-0.05, 0) is 48.2 Å². The molecule has 1 aromatic carbocycles. The second-order valence-electron chi connectivity index (χ2n) is 8.53. The van der Waals surface area contributed by atoms with E-state index in [1.54, 1.807) is 41.5 Å². The van der Waals surface area contributed by atoms with Crippen LogP contribution in [0.2, 0.25) is 0 Å². The summed E-state index contributed by atoms with van der Waals surface area (Å²) in [6.07, 6.45) is 2.84. The van der Waals surface area contributed by atoms with Crippen molar-refractivity contribution >= 4 is 29.0 Å². The first-order chi connectivity index (χ1) is 13.7. The molecule has 6 heteroatoms. The minimum Gasteiger partial charge on any atom is -0.469 e. The van der Waals surface area contributed by atoms with Crippen LogP contribution in [0, 0.1) is 5.41 Å². The highest BCUT2D eigenvalue weighted by molar-refractivity contribution is 6.07. The third-order valence-electron chi connectivity index (χ3n) is 5.48. The molecule has 6 nitrogen and oxygen atoms in total. The highest BCUT2D eigenvalue weighted by Crippen LogP contribution is 2.48. The molecule has 1 atom stereocenters. The zero-order valence-corrected chi connectivity index (χ0v) is 16.8. The van der Waals surface area contributed by atoms with Crippen LogP contribution >= 0.6 is 0 Å². The molecule has 4 rings (SSSR count). The molecule has 1 aliphatic heterocycles. The maximum Gasteiger partial charge on any atom is 0.232 e. The number of hydrogen-bond donors (Lipinski definition) is 1. The van der Waals surface area contributed by atoms with Gasteiger partial charge in [0, 0.05) is 42.4 Å². The average molecular weight is 392 g/mol. The van der Waals surface area contributed by atoms with Crippen molar-refractivity contribution in [2.75, 3.05) is 10.2 Å². The zero-order chi connectivity index (χ0) is 20.8. The number of anilines is 2. The maximum atomic E-state index is 13.2. The predicted molar refractivity (Wildman–Crippen MR) is 109 cm³/mol. The van der Waals surface area contributed by atoms with Crippen molar-refractivity contribution in [1.82, 2.24) is 0 Å². The lowest BCUT2D eigenvalue weighted by atomic mass is 9.70. The van der Waals surface area contributed by atoms with E-state index in [-0.39, 0.29) is 35.4 Å². The molecule has 2 amide bonds. The van der Waals surface area contributed by atoms with E-state index in [1.165, 1.54) is 6.92 Å². The summed E-state index contributed by atoms with van der Waals surface area (Å²) in [4.78, 5) is 39.3. The number of benzene rings is 1. The summed E-state index contributed by atoms with van der Waals surface area (Å²) >= 11 is 0. The lowest BCUT2D eigenvalue weighted by Crippen LogP contribution is -2.43. The topological polar surface area (TPSA) is 79.6 Å². The standard InChI is InChI=1S/C23H24N2O4/c1-14(26)24-15-6-8-16(9-7-15)25-18-12-23(2,3)13-19(27)22(18)17(11-21(25)28)20-5-4-10-29-20/h4-10,17H,11-13H2,1-3H3,(H,24,26). The molecule has 0 bridgehead atoms. The van der Waals surface area contributed by atoms with Crippen molar-refractivity contribution in [2.24, 2.45) is 5.41 Å². The number of hydrogen-bond acceptors (Lipinski definition) is 4. The minimum atomic E-state index is -0.342. The fraction of sp³-hybridized carbons (Fsp3) is 0.348. The van der Waals surface area contributed by atoms with Crippen LogP contribution in [0.15, 0.2) is 58.3 Å². The summed E-state index contributed by atoms with van der Waals surface area (Å²) in [6, 6.07) is 10.7. The summed E-state index contributed by atoms with van der Waals surface area (Å²) in [5.41, 5.74) is 2.57. The van der Waals surface area contributed by atoms with Crippen LogP contribution in [0.3, 0.4) is 0 Å². The molecule has 1 N–H and O–H groups in total. The highest BCUT2D eigenvalue weighted by Gasteiger charge is 2.45. The van der Waals surface area contributed by atoms with Crippen LogP contribution in [-0.2, 0) is 14.4 Å². The molecule has 2 aliphatic rings. The lowest BCUT2D eigenvalue weighted by Gasteiger charge is -2.42. The number of furan rings is 1. The molecule has 1 aliphatic carbocycles. The molecular formula is C23H24N2O4. The Kier molecular flexibility index (Phi) is 4.65. The van der Waals surface area contributed by atoms with Crippen LogP contribution in [0.4, 0.5) is 11.4 Å². The quantitative estimate of drug-likeness (QED) is 0.839. The van der Waals surface area contributed by atoms with Gasteiger partial charge < -0.3 is 9.73 Å². The predicted octanol–water partition coefficient (Wildman–Crippen LogP) is 4.40. The van der Waals surface area contributed by atoms with Crippen LogP contribution < -0.4 is 10.2 Å². The molecule has 2 aromatic rings. The van der Waals surface area contributed by atoms with E-state index in [0.717, 1.165) is 5.70 Å². The summed E-state index contributed by atoms with van der Waals surface area (Å²) in [5.74, 6) is 0.163. The zero-order valence-electron chi connectivity index (χ0n) is 16.8. The maximum absolute atomic E-state index is 13.2. The lowest BCUT2D eigenvalue weighted by molar-refractivity contribution is -0.121. The normalized spacial score (nSPS) is 21.2. The Morgan fingerprint density at radius 2 is 1.86 bits per heavy atom. The summed E-state index contributed by atoms with van der Waals surface area (Å²) in [7, 11) is 0. The number of nitrogens with zero attached hydrogens (tertiary/aromatic N) is 1. The van der Waals surface area contributed by atoms with Gasteiger partial charge in [-0.25, -0.2) is 0 Å². The van der Waals surface area contributed by atoms with E-state index in [4.69, 9.17) is 4.42 Å². The first kappa shape index (κ1) is 19.2. The van der Waals surface area contributed by atoms with Gasteiger partial charge in [0.2, 0.25) is 11.8 Å².